The summed E-state index contributed by atoms with van der Waals surface area (Å²) in [5.41, 5.74) is 4.06. The second-order valence-electron chi connectivity index (χ2n) is 9.89. The molecule has 0 bridgehead atoms. The van der Waals surface area contributed by atoms with Gasteiger partial charge in [-0.3, -0.25) is 10.00 Å². The van der Waals surface area contributed by atoms with Crippen LogP contribution >= 0.6 is 22.7 Å². The molecule has 1 aliphatic rings. The lowest BCUT2D eigenvalue weighted by Crippen LogP contribution is -2.19. The molecule has 11 heteroatoms. The van der Waals surface area contributed by atoms with E-state index >= 15 is 0 Å². The Morgan fingerprint density at radius 2 is 1.97 bits per heavy atom. The fourth-order valence-electron chi connectivity index (χ4n) is 5.04. The van der Waals surface area contributed by atoms with E-state index in [0.29, 0.717) is 11.7 Å². The molecule has 0 spiro atoms. The lowest BCUT2D eigenvalue weighted by atomic mass is 9.98. The van der Waals surface area contributed by atoms with Crippen molar-refractivity contribution in [1.29, 1.82) is 0 Å². The van der Waals surface area contributed by atoms with Gasteiger partial charge in [0.15, 0.2) is 5.13 Å². The number of hydrogen-bond acceptors (Lipinski definition) is 8. The summed E-state index contributed by atoms with van der Waals surface area (Å²) >= 11 is 3.13. The highest BCUT2D eigenvalue weighted by Crippen LogP contribution is 2.35. The first-order chi connectivity index (χ1) is 19.1. The first-order valence-corrected chi connectivity index (χ1v) is 14.8. The molecule has 5 aromatic rings. The van der Waals surface area contributed by atoms with Gasteiger partial charge in [0, 0.05) is 53.4 Å². The summed E-state index contributed by atoms with van der Waals surface area (Å²) in [6.45, 7) is 0.688. The molecule has 0 saturated heterocycles. The monoisotopic (exact) mass is 558 g/mol. The fraction of sp³-hybridized carbons (Fsp3) is 0.321. The molecule has 1 saturated carbocycles. The SMILES string of the molecule is Cn1cc(-c2cc3ncnc(NCCc4cnc(NC(=O)Nc5cccc(CC6CCCC6)c5)s4)c3s2)cn1. The zero-order valence-corrected chi connectivity index (χ0v) is 23.3. The summed E-state index contributed by atoms with van der Waals surface area (Å²) in [6, 6.07) is 9.95. The molecule has 9 nitrogen and oxygen atoms in total. The number of thiazole rings is 1. The molecule has 1 aliphatic carbocycles. The maximum absolute atomic E-state index is 12.6. The lowest BCUT2D eigenvalue weighted by Gasteiger charge is -2.11. The number of nitrogens with zero attached hydrogens (tertiary/aromatic N) is 5. The lowest BCUT2D eigenvalue weighted by molar-refractivity contribution is 0.262. The van der Waals surface area contributed by atoms with Crippen LogP contribution in [0.25, 0.3) is 20.7 Å². The summed E-state index contributed by atoms with van der Waals surface area (Å²) in [7, 11) is 1.91. The van der Waals surface area contributed by atoms with E-state index in [9.17, 15) is 4.79 Å². The number of carbonyl (C=O) groups is 1. The quantitative estimate of drug-likeness (QED) is 0.189. The summed E-state index contributed by atoms with van der Waals surface area (Å²) in [5.74, 6) is 1.59. The second-order valence-corrected chi connectivity index (χ2v) is 12.1. The highest BCUT2D eigenvalue weighted by Gasteiger charge is 2.16. The zero-order chi connectivity index (χ0) is 26.6. The minimum absolute atomic E-state index is 0.280. The molecule has 0 radical (unpaired) electrons. The average molecular weight is 559 g/mol. The van der Waals surface area contributed by atoms with Gasteiger partial charge in [0.2, 0.25) is 0 Å². The molecule has 0 atom stereocenters. The van der Waals surface area contributed by atoms with E-state index in [-0.39, 0.29) is 6.03 Å². The number of fused-ring (bicyclic) bond motifs is 1. The first-order valence-electron chi connectivity index (χ1n) is 13.2. The number of aromatic nitrogens is 5. The van der Waals surface area contributed by atoms with Crippen molar-refractivity contribution in [1.82, 2.24) is 24.7 Å². The third-order valence-corrected chi connectivity index (χ3v) is 9.08. The van der Waals surface area contributed by atoms with Crippen molar-refractivity contribution < 1.29 is 4.79 Å². The minimum Gasteiger partial charge on any atom is -0.368 e. The average Bonchev–Trinajstić information content (AvgIpc) is 3.72. The summed E-state index contributed by atoms with van der Waals surface area (Å²) in [4.78, 5) is 28.0. The van der Waals surface area contributed by atoms with Crippen molar-refractivity contribution in [2.24, 2.45) is 13.0 Å². The van der Waals surface area contributed by atoms with Crippen molar-refractivity contribution >= 4 is 55.6 Å². The van der Waals surface area contributed by atoms with Crippen LogP contribution in [0.3, 0.4) is 0 Å². The van der Waals surface area contributed by atoms with E-state index in [1.165, 1.54) is 42.6 Å². The zero-order valence-electron chi connectivity index (χ0n) is 21.7. The molecule has 3 N–H and O–H groups in total. The van der Waals surface area contributed by atoms with Crippen LogP contribution in [0.2, 0.25) is 0 Å². The number of thiophene rings is 1. The Balaban J connectivity index is 1.01. The first kappa shape index (κ1) is 25.4. The molecular formula is C28H30N8OS2. The Morgan fingerprint density at radius 3 is 2.82 bits per heavy atom. The van der Waals surface area contributed by atoms with E-state index in [1.807, 2.05) is 37.8 Å². The van der Waals surface area contributed by atoms with Crippen LogP contribution in [0.4, 0.5) is 21.4 Å². The maximum Gasteiger partial charge on any atom is 0.325 e. The molecule has 6 rings (SSSR count). The number of benzene rings is 1. The van der Waals surface area contributed by atoms with Gasteiger partial charge in [0.1, 0.15) is 12.1 Å². The number of hydrogen-bond donors (Lipinski definition) is 3. The highest BCUT2D eigenvalue weighted by atomic mass is 32.1. The van der Waals surface area contributed by atoms with Crippen molar-refractivity contribution in [3.05, 3.63) is 65.7 Å². The Hall–Kier alpha value is -3.83. The topological polar surface area (TPSA) is 110 Å². The van der Waals surface area contributed by atoms with Crippen LogP contribution in [0, 0.1) is 5.92 Å². The highest BCUT2D eigenvalue weighted by molar-refractivity contribution is 7.22. The molecule has 4 heterocycles. The molecular weight excluding hydrogens is 528 g/mol. The van der Waals surface area contributed by atoms with Crippen LogP contribution in [0.5, 0.6) is 0 Å². The van der Waals surface area contributed by atoms with Gasteiger partial charge in [-0.25, -0.2) is 19.7 Å². The number of amides is 2. The third kappa shape index (κ3) is 6.26. The fourth-order valence-corrected chi connectivity index (χ4v) is 6.90. The molecule has 0 unspecified atom stereocenters. The van der Waals surface area contributed by atoms with Gasteiger partial charge in [-0.05, 0) is 36.1 Å². The van der Waals surface area contributed by atoms with Crippen molar-refractivity contribution in [3.63, 3.8) is 0 Å². The molecule has 0 aliphatic heterocycles. The third-order valence-electron chi connectivity index (χ3n) is 6.92. The smallest absolute Gasteiger partial charge is 0.325 e. The molecule has 1 aromatic carbocycles. The molecule has 200 valence electrons. The molecule has 4 aromatic heterocycles. The number of aryl methyl sites for hydroxylation is 1. The van der Waals surface area contributed by atoms with Crippen molar-refractivity contribution in [2.45, 2.75) is 38.5 Å². The predicted octanol–water partition coefficient (Wildman–Crippen LogP) is 6.58. The van der Waals surface area contributed by atoms with E-state index in [1.54, 1.807) is 22.3 Å². The van der Waals surface area contributed by atoms with Gasteiger partial charge in [0.25, 0.3) is 0 Å². The maximum atomic E-state index is 12.6. The number of nitrogens with one attached hydrogen (secondary N) is 3. The largest absolute Gasteiger partial charge is 0.368 e. The van der Waals surface area contributed by atoms with Gasteiger partial charge >= 0.3 is 6.03 Å². The Labute approximate surface area is 234 Å². The Bertz CT molecular complexity index is 1580. The van der Waals surface area contributed by atoms with Gasteiger partial charge < -0.3 is 10.6 Å². The standard InChI is InChI=1S/C28H30N8OS2/c1-36-16-20(14-33-36)24-13-23-25(39-24)26(32-17-31-23)29-10-9-22-15-30-28(38-22)35-27(37)34-21-8-4-7-19(12-21)11-18-5-2-3-6-18/h4,7-8,12-18H,2-3,5-6,9-11H2,1H3,(H,29,31,32)(H2,30,34,35,37). The summed E-state index contributed by atoms with van der Waals surface area (Å²) in [5, 5.41) is 14.1. The van der Waals surface area contributed by atoms with Crippen LogP contribution in [-0.2, 0) is 19.9 Å². The van der Waals surface area contributed by atoms with Crippen molar-refractivity contribution in [3.8, 4) is 10.4 Å². The Kier molecular flexibility index (Phi) is 7.51. The second kappa shape index (κ2) is 11.5. The van der Waals surface area contributed by atoms with Gasteiger partial charge in [0.05, 0.1) is 16.4 Å². The summed E-state index contributed by atoms with van der Waals surface area (Å²) in [6.07, 6.45) is 14.4. The van der Waals surface area contributed by atoms with E-state index in [4.69, 9.17) is 0 Å². The minimum atomic E-state index is -0.280. The summed E-state index contributed by atoms with van der Waals surface area (Å²) < 4.78 is 2.81. The van der Waals surface area contributed by atoms with Crippen molar-refractivity contribution in [2.75, 3.05) is 22.5 Å². The van der Waals surface area contributed by atoms with Crippen LogP contribution < -0.4 is 16.0 Å². The molecule has 2 amide bonds. The number of carbonyl (C=O) groups excluding carboxylic acids is 1. The van der Waals surface area contributed by atoms with Gasteiger partial charge in [-0.2, -0.15) is 5.10 Å². The predicted molar refractivity (Wildman–Crippen MR) is 159 cm³/mol. The van der Waals surface area contributed by atoms with Gasteiger partial charge in [-0.15, -0.1) is 22.7 Å². The molecule has 39 heavy (non-hydrogen) atoms. The van der Waals surface area contributed by atoms with Crippen LogP contribution in [-0.4, -0.2) is 37.3 Å². The number of anilines is 3. The van der Waals surface area contributed by atoms with Gasteiger partial charge in [-0.1, -0.05) is 37.8 Å². The van der Waals surface area contributed by atoms with E-state index in [2.05, 4.69) is 54.2 Å². The Morgan fingerprint density at radius 1 is 1.08 bits per heavy atom. The normalized spacial score (nSPS) is 13.7. The van der Waals surface area contributed by atoms with E-state index < -0.39 is 0 Å². The molecule has 1 fully saturated rings. The number of rotatable bonds is 9. The van der Waals surface area contributed by atoms with E-state index in [0.717, 1.165) is 55.8 Å². The van der Waals surface area contributed by atoms with Crippen LogP contribution in [0.15, 0.2) is 55.2 Å². The number of urea groups is 1. The van der Waals surface area contributed by atoms with Crippen LogP contribution in [0.1, 0.15) is 36.1 Å².